The molecule has 6 nitrogen and oxygen atoms in total. The maximum Gasteiger partial charge on any atom is 0.264 e. The highest BCUT2D eigenvalue weighted by Gasteiger charge is 2.41. The molecule has 1 aliphatic carbocycles. The molecule has 1 fully saturated rings. The van der Waals surface area contributed by atoms with Crippen molar-refractivity contribution in [3.63, 3.8) is 0 Å². The summed E-state index contributed by atoms with van der Waals surface area (Å²) in [4.78, 5) is 42.0. The zero-order valence-corrected chi connectivity index (χ0v) is 11.3. The molecule has 114 valence electrons. The van der Waals surface area contributed by atoms with Crippen molar-refractivity contribution in [1.82, 2.24) is 9.55 Å². The Balaban J connectivity index is 2.63. The van der Waals surface area contributed by atoms with Crippen LogP contribution in [0.2, 0.25) is 0 Å². The monoisotopic (exact) mass is 308 g/mol. The van der Waals surface area contributed by atoms with E-state index in [0.717, 1.165) is 0 Å². The topological polar surface area (TPSA) is 95.0 Å². The molecule has 0 bridgehead atoms. The fourth-order valence-electron chi connectivity index (χ4n) is 2.54. The first-order chi connectivity index (χ1) is 14.1. The molecule has 22 heavy (non-hydrogen) atoms. The fraction of sp³-hybridized carbons (Fsp3) is 0.375. The first kappa shape index (κ1) is 7.17. The molecule has 2 aromatic rings. The van der Waals surface area contributed by atoms with E-state index in [1.54, 1.807) is 0 Å². The molecule has 1 saturated carbocycles. The molecule has 1 unspecified atom stereocenters. The molecule has 1 heterocycles. The average molecular weight is 308 g/mol. The zero-order valence-electron chi connectivity index (χ0n) is 20.3. The van der Waals surface area contributed by atoms with Crippen molar-refractivity contribution >= 4 is 28.2 Å². The Morgan fingerprint density at radius 1 is 1.41 bits per heavy atom. The number of carbonyl (C=O) groups is 2. The van der Waals surface area contributed by atoms with Crippen LogP contribution in [0.5, 0.6) is 0 Å². The van der Waals surface area contributed by atoms with Gasteiger partial charge in [-0.05, 0) is 32.2 Å². The molecule has 1 aromatic carbocycles. The second-order valence-corrected chi connectivity index (χ2v) is 5.09. The number of ketones is 2. The highest BCUT2D eigenvalue weighted by molar-refractivity contribution is 6.05. The Morgan fingerprint density at radius 2 is 2.23 bits per heavy atom. The minimum atomic E-state index is -3.23. The maximum atomic E-state index is 13.5. The molecule has 1 aromatic heterocycles. The lowest BCUT2D eigenvalue weighted by atomic mass is 9.81. The van der Waals surface area contributed by atoms with E-state index < -0.39 is 89.8 Å². The SMILES string of the molecule is [2H]c1c([2H])c(N)c2c(=O)n(C3(C([2H])([2H])[2H])CCC(=O)CC3=O)c(C([2H])([2H])[2H])nc2c1[2H]. The highest BCUT2D eigenvalue weighted by atomic mass is 16.2. The summed E-state index contributed by atoms with van der Waals surface area (Å²) in [6.07, 6.45) is -1.85. The average Bonchev–Trinajstić information content (AvgIpc) is 2.63. The smallest absolute Gasteiger partial charge is 0.264 e. The number of anilines is 1. The predicted molar refractivity (Wildman–Crippen MR) is 82.7 cm³/mol. The first-order valence-electron chi connectivity index (χ1n) is 10.9. The van der Waals surface area contributed by atoms with E-state index in [1.807, 2.05) is 0 Å². The van der Waals surface area contributed by atoms with Crippen LogP contribution in [0.3, 0.4) is 0 Å². The van der Waals surface area contributed by atoms with Crippen molar-refractivity contribution in [3.8, 4) is 0 Å². The van der Waals surface area contributed by atoms with Crippen molar-refractivity contribution in [1.29, 1.82) is 0 Å². The van der Waals surface area contributed by atoms with E-state index >= 15 is 0 Å². The van der Waals surface area contributed by atoms with E-state index in [-0.39, 0.29) is 11.0 Å². The third-order valence-electron chi connectivity index (χ3n) is 3.70. The summed E-state index contributed by atoms with van der Waals surface area (Å²) in [5, 5.41) is -0.632. The van der Waals surface area contributed by atoms with Crippen LogP contribution in [0.4, 0.5) is 5.69 Å². The van der Waals surface area contributed by atoms with Gasteiger partial charge in [0, 0.05) is 20.3 Å². The van der Waals surface area contributed by atoms with Gasteiger partial charge in [-0.15, -0.1) is 0 Å². The van der Waals surface area contributed by atoms with Crippen molar-refractivity contribution in [3.05, 3.63) is 34.3 Å². The van der Waals surface area contributed by atoms with Gasteiger partial charge in [0.25, 0.3) is 5.56 Å². The van der Waals surface area contributed by atoms with E-state index in [4.69, 9.17) is 18.1 Å². The van der Waals surface area contributed by atoms with Gasteiger partial charge < -0.3 is 5.73 Å². The van der Waals surface area contributed by atoms with Gasteiger partial charge in [0.2, 0.25) is 0 Å². The van der Waals surface area contributed by atoms with Crippen molar-refractivity contribution < 1.29 is 21.9 Å². The number of hydrogen-bond donors (Lipinski definition) is 1. The second kappa shape index (κ2) is 4.76. The lowest BCUT2D eigenvalue weighted by Gasteiger charge is -2.34. The maximum absolute atomic E-state index is 13.5. The van der Waals surface area contributed by atoms with Gasteiger partial charge in [0.1, 0.15) is 17.1 Å². The molecule has 1 atom stereocenters. The van der Waals surface area contributed by atoms with Crippen molar-refractivity contribution in [2.75, 3.05) is 5.73 Å². The minimum absolute atomic E-state index is 0.253. The van der Waals surface area contributed by atoms with Crippen LogP contribution < -0.4 is 11.3 Å². The molecule has 3 rings (SSSR count). The van der Waals surface area contributed by atoms with Crippen LogP contribution >= 0.6 is 0 Å². The number of carbonyl (C=O) groups excluding carboxylic acids is 2. The van der Waals surface area contributed by atoms with E-state index in [0.29, 0.717) is 0 Å². The van der Waals surface area contributed by atoms with Gasteiger partial charge in [0.05, 0.1) is 21.4 Å². The van der Waals surface area contributed by atoms with E-state index in [9.17, 15) is 14.4 Å². The Bertz CT molecular complexity index is 1200. The van der Waals surface area contributed by atoms with Gasteiger partial charge in [0.15, 0.2) is 5.78 Å². The molecule has 0 aliphatic heterocycles. The highest BCUT2D eigenvalue weighted by Crippen LogP contribution is 2.30. The summed E-state index contributed by atoms with van der Waals surface area (Å²) in [5.41, 5.74) is 0.568. The number of nitrogens with two attached hydrogens (primary N) is 1. The van der Waals surface area contributed by atoms with Gasteiger partial charge in [-0.2, -0.15) is 0 Å². The van der Waals surface area contributed by atoms with Gasteiger partial charge >= 0.3 is 0 Å². The molecule has 0 saturated heterocycles. The normalized spacial score (nSPS) is 29.4. The number of hydrogen-bond acceptors (Lipinski definition) is 5. The van der Waals surface area contributed by atoms with Crippen LogP contribution in [-0.2, 0) is 15.1 Å². The summed E-state index contributed by atoms with van der Waals surface area (Å²) in [5.74, 6) is -2.79. The largest absolute Gasteiger partial charge is 0.398 e. The van der Waals surface area contributed by atoms with E-state index in [1.165, 1.54) is 0 Å². The third-order valence-corrected chi connectivity index (χ3v) is 3.70. The zero-order chi connectivity index (χ0) is 23.7. The number of nitrogen functional groups attached to an aromatic ring is 1. The molecule has 0 radical (unpaired) electrons. The number of benzene rings is 1. The predicted octanol–water partition coefficient (Wildman–Crippen LogP) is 1.32. The number of fused-ring (bicyclic) bond motifs is 1. The third kappa shape index (κ3) is 1.94. The van der Waals surface area contributed by atoms with Crippen LogP contribution in [0.15, 0.2) is 22.9 Å². The number of Topliss-reactive ketones (excluding diaryl/α,β-unsaturated/α-hetero) is 2. The Kier molecular flexibility index (Phi) is 1.55. The van der Waals surface area contributed by atoms with Gasteiger partial charge in [-0.25, -0.2) is 4.98 Å². The minimum Gasteiger partial charge on any atom is -0.398 e. The lowest BCUT2D eigenvalue weighted by molar-refractivity contribution is -0.136. The molecule has 6 heteroatoms. The number of aromatic nitrogens is 2. The summed E-state index contributed by atoms with van der Waals surface area (Å²) in [6.45, 7) is -6.43. The summed E-state index contributed by atoms with van der Waals surface area (Å²) >= 11 is 0. The lowest BCUT2D eigenvalue weighted by Crippen LogP contribution is -2.49. The van der Waals surface area contributed by atoms with Crippen molar-refractivity contribution in [2.45, 2.75) is 38.5 Å². The van der Waals surface area contributed by atoms with Crippen LogP contribution in [0.1, 0.15) is 44.3 Å². The summed E-state index contributed by atoms with van der Waals surface area (Å²) in [7, 11) is 0. The Labute approximate surface area is 139 Å². The molecular formula is C16H17N3O3. The summed E-state index contributed by atoms with van der Waals surface area (Å²) in [6, 6.07) is -2.13. The van der Waals surface area contributed by atoms with Crippen LogP contribution in [-0.4, -0.2) is 21.1 Å². The van der Waals surface area contributed by atoms with Gasteiger partial charge in [-0.3, -0.25) is 19.0 Å². The molecular weight excluding hydrogens is 282 g/mol. The standard InChI is InChI=1S/C16H17N3O3/c1-9-18-12-5-3-4-11(17)14(12)15(22)19(9)16(2)7-6-10(20)8-13(16)21/h3-5H,6-8,17H2,1-2H3/i1D3,2D3,3D,4D,5D. The second-order valence-electron chi connectivity index (χ2n) is 5.09. The number of aryl methyl sites for hydroxylation is 1. The molecule has 0 amide bonds. The van der Waals surface area contributed by atoms with Crippen LogP contribution in [0.25, 0.3) is 10.9 Å². The molecule has 2 N–H and O–H groups in total. The molecule has 0 spiro atoms. The molecule has 1 aliphatic rings. The first-order valence-corrected chi connectivity index (χ1v) is 6.43. The number of rotatable bonds is 1. The van der Waals surface area contributed by atoms with Crippen LogP contribution in [0, 0.1) is 6.85 Å². The Hall–Kier alpha value is -2.50. The van der Waals surface area contributed by atoms with E-state index in [2.05, 4.69) is 4.98 Å². The Morgan fingerprint density at radius 3 is 2.91 bits per heavy atom. The van der Waals surface area contributed by atoms with Crippen molar-refractivity contribution in [2.24, 2.45) is 0 Å². The summed E-state index contributed by atoms with van der Waals surface area (Å²) < 4.78 is 71.2. The quantitative estimate of drug-likeness (QED) is 0.633. The fourth-order valence-corrected chi connectivity index (χ4v) is 2.54. The number of nitrogens with zero attached hydrogens (tertiary/aromatic N) is 2. The van der Waals surface area contributed by atoms with Gasteiger partial charge in [-0.1, -0.05) is 6.04 Å².